The third-order valence-corrected chi connectivity index (χ3v) is 11.4. The van der Waals surface area contributed by atoms with E-state index in [2.05, 4.69) is 90.3 Å². The first-order valence-electron chi connectivity index (χ1n) is 20.5. The summed E-state index contributed by atoms with van der Waals surface area (Å²) in [5, 5.41) is 62.9. The van der Waals surface area contributed by atoms with Crippen molar-refractivity contribution in [2.45, 2.75) is 140 Å². The highest BCUT2D eigenvalue weighted by Gasteiger charge is 2.39. The van der Waals surface area contributed by atoms with E-state index >= 15 is 0 Å². The first kappa shape index (κ1) is 62.4. The number of ether oxygens (including phenoxy) is 4. The summed E-state index contributed by atoms with van der Waals surface area (Å²) in [6, 6.07) is 0. The van der Waals surface area contributed by atoms with Crippen molar-refractivity contribution < 1.29 is 102 Å². The van der Waals surface area contributed by atoms with E-state index in [4.69, 9.17) is 14.2 Å². The number of hydrogen-bond donors (Lipinski definition) is 9. The van der Waals surface area contributed by atoms with Crippen LogP contribution in [0.1, 0.15) is 85.0 Å². The predicted molar refractivity (Wildman–Crippen MR) is 229 cm³/mol. The smallest absolute Gasteiger partial charge is 0.335 e. The standard InChI is InChI=1S/C15H29N2O14P3.C10H20N2O3.C8H14O4.CH5NS/c1-2-3-4-5-6-14(19)16-7-8-17-15(20)12-9-11(18)13(24-12)10-23-25-26-27-28-29-30-31-34(22,32)33-21;1-3-8-7(13)6-9(15-8)10(14)12-5-4-11-2;1-3-6-5(9)4-7(12-6)8(10)11-2;1-2-3/h11-13,18H,2-10,32H2,1H3,(H,16,19)(H,17,20);7-9,11,13H,3-6H2,1-2H3,(H,12,14);5-7,9H,3-4H2,1-2H3;2-3H,1H3. The second kappa shape index (κ2) is 38.3. The molecule has 0 radical (unpaired) electrons. The fourth-order valence-corrected chi connectivity index (χ4v) is 6.06. The summed E-state index contributed by atoms with van der Waals surface area (Å²) in [5.74, 6) is -1.03. The maximum Gasteiger partial charge on any atom is 0.335 e. The molecule has 3 fully saturated rings. The van der Waals surface area contributed by atoms with Gasteiger partial charge in [-0.3, -0.25) is 28.2 Å². The van der Waals surface area contributed by atoms with Crippen molar-refractivity contribution in [3.8, 4) is 0 Å². The van der Waals surface area contributed by atoms with E-state index in [1.165, 1.54) is 7.11 Å². The van der Waals surface area contributed by atoms with Crippen LogP contribution in [-0.2, 0) is 87.0 Å². The minimum Gasteiger partial charge on any atom is -0.467 e. The number of carbonyl (C=O) groups excluding carboxylic acids is 4. The van der Waals surface area contributed by atoms with Gasteiger partial charge in [-0.25, -0.2) is 9.68 Å². The van der Waals surface area contributed by atoms with Gasteiger partial charge in [0.15, 0.2) is 6.10 Å². The van der Waals surface area contributed by atoms with Crippen molar-refractivity contribution in [2.24, 2.45) is 0 Å². The minimum atomic E-state index is -3.62. The fraction of sp³-hybridized carbons (Fsp3) is 0.882. The number of hydrogen-bond acceptors (Lipinski definition) is 24. The lowest BCUT2D eigenvalue weighted by Gasteiger charge is -2.14. The molecule has 3 heterocycles. The number of likely N-dealkylation sites (N-methyl/N-ethyl adjacent to an activating group) is 1. The van der Waals surface area contributed by atoms with Crippen LogP contribution in [0.5, 0.6) is 0 Å². The number of unbranched alkanes of at least 4 members (excludes halogenated alkanes) is 3. The first-order chi connectivity index (χ1) is 30.6. The zero-order chi connectivity index (χ0) is 48.3. The van der Waals surface area contributed by atoms with Crippen molar-refractivity contribution in [2.75, 3.05) is 54.0 Å². The number of amides is 3. The summed E-state index contributed by atoms with van der Waals surface area (Å²) in [6.07, 6.45) is 1.40. The fourth-order valence-electron chi connectivity index (χ4n) is 5.65. The van der Waals surface area contributed by atoms with Crippen LogP contribution in [0.25, 0.3) is 0 Å². The Bertz CT molecular complexity index is 1340. The number of aliphatic hydroxyl groups excluding tert-OH is 3. The second-order valence-corrected chi connectivity index (χ2v) is 21.1. The van der Waals surface area contributed by atoms with Crippen LogP contribution >= 0.6 is 36.6 Å². The zero-order valence-corrected chi connectivity index (χ0v) is 40.7. The molecule has 64 heavy (non-hydrogen) atoms. The van der Waals surface area contributed by atoms with E-state index in [1.807, 2.05) is 20.9 Å². The normalized spacial score (nSPS) is 25.6. The Kier molecular flexibility index (Phi) is 37.3. The third-order valence-electron chi connectivity index (χ3n) is 8.87. The Balaban J connectivity index is 0.00000107. The van der Waals surface area contributed by atoms with Crippen molar-refractivity contribution >= 4 is 60.3 Å². The molecular formula is C34H68N5O21P3S. The highest BCUT2D eigenvalue weighted by molar-refractivity contribution is 8.46. The number of esters is 1. The number of aliphatic hydroxyl groups is 3. The van der Waals surface area contributed by atoms with Crippen LogP contribution in [-0.4, -0.2) is 148 Å². The zero-order valence-electron chi connectivity index (χ0n) is 36.9. The molecule has 8 N–H and O–H groups in total. The molecule has 3 aliphatic heterocycles. The summed E-state index contributed by atoms with van der Waals surface area (Å²) >= 11 is 3.54. The summed E-state index contributed by atoms with van der Waals surface area (Å²) < 4.78 is 48.5. The van der Waals surface area contributed by atoms with Crippen LogP contribution in [0.4, 0.5) is 0 Å². The van der Waals surface area contributed by atoms with Gasteiger partial charge in [-0.2, -0.15) is 0 Å². The van der Waals surface area contributed by atoms with Crippen LogP contribution in [0.3, 0.4) is 0 Å². The highest BCUT2D eigenvalue weighted by atomic mass is 32.4. The monoisotopic (exact) mass is 1010 g/mol. The Labute approximate surface area is 381 Å². The molecule has 3 amide bonds. The van der Waals surface area contributed by atoms with Crippen molar-refractivity contribution in [1.29, 1.82) is 0 Å². The molecular weight excluding hydrogens is 939 g/mol. The molecule has 0 aromatic carbocycles. The van der Waals surface area contributed by atoms with Gasteiger partial charge in [0.2, 0.25) is 17.7 Å². The largest absolute Gasteiger partial charge is 0.467 e. The van der Waals surface area contributed by atoms with Gasteiger partial charge >= 0.3 is 12.7 Å². The Morgan fingerprint density at radius 2 is 1.19 bits per heavy atom. The van der Waals surface area contributed by atoms with Gasteiger partial charge in [0.1, 0.15) is 24.9 Å². The van der Waals surface area contributed by atoms with E-state index in [-0.39, 0.29) is 50.1 Å². The number of methoxy groups -OCH3 is 1. The third kappa shape index (κ3) is 28.5. The molecule has 0 bridgehead atoms. The quantitative estimate of drug-likeness (QED) is 0.0138. The number of carbonyl (C=O) groups is 4. The van der Waals surface area contributed by atoms with E-state index < -0.39 is 69.5 Å². The van der Waals surface area contributed by atoms with Crippen LogP contribution < -0.4 is 26.0 Å². The minimum absolute atomic E-state index is 0.0255. The van der Waals surface area contributed by atoms with Gasteiger partial charge in [0.25, 0.3) is 8.15 Å². The van der Waals surface area contributed by atoms with Gasteiger partial charge in [0.05, 0.1) is 37.6 Å². The molecule has 376 valence electrons. The lowest BCUT2D eigenvalue weighted by atomic mass is 10.1. The van der Waals surface area contributed by atoms with Crippen molar-refractivity contribution in [3.05, 3.63) is 0 Å². The number of rotatable bonds is 27. The predicted octanol–water partition coefficient (Wildman–Crippen LogP) is 0.909. The molecule has 3 saturated heterocycles. The van der Waals surface area contributed by atoms with Gasteiger partial charge in [-0.15, -0.1) is 4.67 Å². The molecule has 11 unspecified atom stereocenters. The highest BCUT2D eigenvalue weighted by Crippen LogP contribution is 2.66. The molecule has 0 aromatic rings. The molecule has 26 nitrogen and oxygen atoms in total. The van der Waals surface area contributed by atoms with Gasteiger partial charge < -0.3 is 55.5 Å². The van der Waals surface area contributed by atoms with Gasteiger partial charge in [-0.1, -0.05) is 52.8 Å². The number of nitrogens with one attached hydrogen (secondary N) is 5. The molecule has 0 aromatic heterocycles. The van der Waals surface area contributed by atoms with Crippen molar-refractivity contribution in [1.82, 2.24) is 26.0 Å². The van der Waals surface area contributed by atoms with Crippen LogP contribution in [0.2, 0.25) is 0 Å². The summed E-state index contributed by atoms with van der Waals surface area (Å²) in [5.41, 5.74) is 0. The van der Waals surface area contributed by atoms with Crippen LogP contribution in [0, 0.1) is 0 Å². The van der Waals surface area contributed by atoms with Crippen LogP contribution in [0.15, 0.2) is 0 Å². The van der Waals surface area contributed by atoms with E-state index in [0.29, 0.717) is 32.2 Å². The molecule has 3 rings (SSSR count). The Hall–Kier alpha value is -1.65. The lowest BCUT2D eigenvalue weighted by Crippen LogP contribution is -2.40. The average molecular weight is 1010 g/mol. The SMILES string of the molecule is CCC1OC(C(=O)NCCNC)CC1O.CCC1OC(C(=O)OC)CC1O.CCCCCCC(=O)NCCNC(=O)C1CC(O)C(COOOOOOOOP(=O)(P)P=O)O1.CNS. The molecule has 3 aliphatic rings. The van der Waals surface area contributed by atoms with Crippen molar-refractivity contribution in [3.63, 3.8) is 0 Å². The summed E-state index contributed by atoms with van der Waals surface area (Å²) in [7, 11) is 5.67. The topological polar surface area (TPSA) is 334 Å². The average Bonchev–Trinajstić information content (AvgIpc) is 3.98. The molecule has 0 saturated carbocycles. The van der Waals surface area contributed by atoms with E-state index in [1.54, 1.807) is 16.0 Å². The summed E-state index contributed by atoms with van der Waals surface area (Å²) in [4.78, 5) is 50.9. The van der Waals surface area contributed by atoms with E-state index in [9.17, 15) is 43.6 Å². The summed E-state index contributed by atoms with van der Waals surface area (Å²) in [6.45, 7) is 3.80. The van der Waals surface area contributed by atoms with Gasteiger partial charge in [-0.05, 0) is 72.5 Å². The maximum atomic E-state index is 12.1. The first-order valence-corrected chi connectivity index (χ1v) is 25.7. The second-order valence-electron chi connectivity index (χ2n) is 13.7. The maximum absolute atomic E-state index is 12.1. The molecule has 30 heteroatoms. The molecule has 0 spiro atoms. The van der Waals surface area contributed by atoms with E-state index in [0.717, 1.165) is 38.6 Å². The Morgan fingerprint density at radius 1 is 0.719 bits per heavy atom. The Morgan fingerprint density at radius 3 is 1.69 bits per heavy atom. The number of thiol groups is 1. The molecule has 11 atom stereocenters. The molecule has 0 aliphatic carbocycles. The van der Waals surface area contributed by atoms with Gasteiger partial charge in [0, 0.05) is 51.9 Å². The lowest BCUT2D eigenvalue weighted by molar-refractivity contribution is -0.808.